The number of rotatable bonds is 17. The summed E-state index contributed by atoms with van der Waals surface area (Å²) in [4.78, 5) is 0. The summed E-state index contributed by atoms with van der Waals surface area (Å²) in [5, 5.41) is 13.4. The molecule has 1 fully saturated rings. The van der Waals surface area contributed by atoms with Crippen molar-refractivity contribution in [3.8, 4) is 0 Å². The zero-order valence-corrected chi connectivity index (χ0v) is 34.2. The van der Waals surface area contributed by atoms with E-state index in [0.29, 0.717) is 25.2 Å². The van der Waals surface area contributed by atoms with Gasteiger partial charge in [-0.25, -0.2) is 0 Å². The molecule has 1 aliphatic heterocycles. The number of aryl methyl sites for hydroxylation is 2. The topological polar surface area (TPSA) is 66.4 Å². The number of benzene rings is 6. The molecule has 1 heterocycles. The summed E-state index contributed by atoms with van der Waals surface area (Å²) in [5.74, 6) is -1.96. The van der Waals surface area contributed by atoms with Gasteiger partial charge in [0.05, 0.1) is 33.0 Å². The van der Waals surface area contributed by atoms with Gasteiger partial charge in [-0.15, -0.1) is 0 Å². The van der Waals surface area contributed by atoms with Crippen LogP contribution in [0.5, 0.6) is 0 Å². The van der Waals surface area contributed by atoms with Crippen LogP contribution in [-0.4, -0.2) is 36.1 Å². The fraction of sp³-hybridized carbons (Fsp3) is 0.280. The minimum atomic E-state index is -1.96. The molecule has 0 saturated carbocycles. The Balaban J connectivity index is 1.31. The van der Waals surface area contributed by atoms with Crippen molar-refractivity contribution in [1.82, 2.24) is 0 Å². The van der Waals surface area contributed by atoms with Crippen molar-refractivity contribution in [3.63, 3.8) is 0 Å². The molecular weight excluding hydrogens is 776 g/mol. The first-order valence-electron chi connectivity index (χ1n) is 19.8. The average molecular weight is 828 g/mol. The summed E-state index contributed by atoms with van der Waals surface area (Å²) in [6.07, 6.45) is -1.58. The third-order valence-electron chi connectivity index (χ3n) is 10.5. The lowest BCUT2D eigenvalue weighted by molar-refractivity contribution is -0.378. The fourth-order valence-electron chi connectivity index (χ4n) is 7.42. The molecule has 5 atom stereocenters. The first-order valence-corrected chi connectivity index (χ1v) is 20.5. The second kappa shape index (κ2) is 19.8. The molecule has 0 aromatic heterocycles. The van der Waals surface area contributed by atoms with Gasteiger partial charge in [0, 0.05) is 10.0 Å². The molecule has 6 aromatic rings. The van der Waals surface area contributed by atoms with Crippen molar-refractivity contribution in [2.24, 2.45) is 0 Å². The number of aliphatic hydroxyl groups is 1. The SMILES string of the molecule is CCc1ccc(Cc2cc([C@@]3(O)O[C@H](COCc4ccccc4)[C@@H](OCc4ccccc4)[C@H](OCc4ccccc4)[C@H]3OCc3ccccc3)c(C)cc2Br)cc1. The molecule has 0 radical (unpaired) electrons. The van der Waals surface area contributed by atoms with E-state index in [0.717, 1.165) is 44.3 Å². The van der Waals surface area contributed by atoms with E-state index in [2.05, 4.69) is 53.2 Å². The maximum Gasteiger partial charge on any atom is 0.223 e. The highest BCUT2D eigenvalue weighted by Gasteiger charge is 2.57. The monoisotopic (exact) mass is 826 g/mol. The van der Waals surface area contributed by atoms with E-state index in [4.69, 9.17) is 23.7 Å². The van der Waals surface area contributed by atoms with Gasteiger partial charge < -0.3 is 28.8 Å². The highest BCUT2D eigenvalue weighted by atomic mass is 79.9. The zero-order chi connectivity index (χ0) is 39.5. The number of hydrogen-bond donors (Lipinski definition) is 1. The Labute approximate surface area is 345 Å². The average Bonchev–Trinajstić information content (AvgIpc) is 3.25. The van der Waals surface area contributed by atoms with Gasteiger partial charge in [0.25, 0.3) is 0 Å². The fourth-order valence-corrected chi connectivity index (χ4v) is 8.02. The maximum absolute atomic E-state index is 13.4. The van der Waals surface area contributed by atoms with E-state index >= 15 is 0 Å². The second-order valence-corrected chi connectivity index (χ2v) is 15.6. The quantitative estimate of drug-likeness (QED) is 0.0988. The van der Waals surface area contributed by atoms with Gasteiger partial charge in [0.1, 0.15) is 24.4 Å². The summed E-state index contributed by atoms with van der Waals surface area (Å²) in [7, 11) is 0. The third kappa shape index (κ3) is 10.6. The molecule has 1 aliphatic rings. The molecule has 0 amide bonds. The molecule has 294 valence electrons. The van der Waals surface area contributed by atoms with E-state index < -0.39 is 30.2 Å². The van der Waals surface area contributed by atoms with Crippen molar-refractivity contribution >= 4 is 15.9 Å². The van der Waals surface area contributed by atoms with Crippen LogP contribution in [0.1, 0.15) is 57.0 Å². The Morgan fingerprint density at radius 1 is 0.579 bits per heavy atom. The van der Waals surface area contributed by atoms with Crippen molar-refractivity contribution in [1.29, 1.82) is 0 Å². The first kappa shape index (κ1) is 40.7. The molecule has 0 unspecified atom stereocenters. The number of ether oxygens (including phenoxy) is 5. The Bertz CT molecular complexity index is 2110. The predicted octanol–water partition coefficient (Wildman–Crippen LogP) is 10.4. The Morgan fingerprint density at radius 3 is 1.58 bits per heavy atom. The molecule has 7 heteroatoms. The highest BCUT2D eigenvalue weighted by Crippen LogP contribution is 2.44. The number of halogens is 1. The van der Waals surface area contributed by atoms with E-state index in [9.17, 15) is 5.11 Å². The molecule has 1 N–H and O–H groups in total. The zero-order valence-electron chi connectivity index (χ0n) is 32.6. The summed E-state index contributed by atoms with van der Waals surface area (Å²) in [5.41, 5.74) is 8.91. The van der Waals surface area contributed by atoms with E-state index in [1.54, 1.807) is 0 Å². The van der Waals surface area contributed by atoms with Crippen LogP contribution < -0.4 is 0 Å². The van der Waals surface area contributed by atoms with Crippen LogP contribution in [0.2, 0.25) is 0 Å². The van der Waals surface area contributed by atoms with Gasteiger partial charge in [0.15, 0.2) is 0 Å². The molecule has 6 nitrogen and oxygen atoms in total. The molecule has 0 aliphatic carbocycles. The normalized spacial score (nSPS) is 20.7. The lowest BCUT2D eigenvalue weighted by Gasteiger charge is -2.51. The molecule has 1 saturated heterocycles. The van der Waals surface area contributed by atoms with E-state index in [1.807, 2.05) is 134 Å². The summed E-state index contributed by atoms with van der Waals surface area (Å²) in [6.45, 7) is 5.45. The molecule has 7 rings (SSSR count). The van der Waals surface area contributed by atoms with Crippen molar-refractivity contribution in [2.75, 3.05) is 6.61 Å². The maximum atomic E-state index is 13.4. The minimum absolute atomic E-state index is 0.138. The summed E-state index contributed by atoms with van der Waals surface area (Å²) < 4.78 is 35.0. The first-order chi connectivity index (χ1) is 27.9. The van der Waals surface area contributed by atoms with Crippen LogP contribution >= 0.6 is 15.9 Å². The Hall–Kier alpha value is -4.44. The lowest BCUT2D eigenvalue weighted by Crippen LogP contribution is -2.65. The van der Waals surface area contributed by atoms with E-state index in [1.165, 1.54) is 11.1 Å². The largest absolute Gasteiger partial charge is 0.374 e. The molecule has 0 bridgehead atoms. The predicted molar refractivity (Wildman–Crippen MR) is 227 cm³/mol. The van der Waals surface area contributed by atoms with Crippen LogP contribution in [0.3, 0.4) is 0 Å². The summed E-state index contributed by atoms with van der Waals surface area (Å²) in [6, 6.07) is 52.9. The van der Waals surface area contributed by atoms with Gasteiger partial charge >= 0.3 is 0 Å². The van der Waals surface area contributed by atoms with Crippen LogP contribution in [0.15, 0.2) is 162 Å². The van der Waals surface area contributed by atoms with E-state index in [-0.39, 0.29) is 19.8 Å². The molecule has 6 aromatic carbocycles. The van der Waals surface area contributed by atoms with Crippen molar-refractivity contribution < 1.29 is 28.8 Å². The van der Waals surface area contributed by atoms with Gasteiger partial charge in [-0.3, -0.25) is 0 Å². The third-order valence-corrected chi connectivity index (χ3v) is 11.3. The van der Waals surface area contributed by atoms with Gasteiger partial charge in [-0.1, -0.05) is 168 Å². The van der Waals surface area contributed by atoms with Gasteiger partial charge in [-0.2, -0.15) is 0 Å². The molecular formula is C50H51BrO6. The standard InChI is InChI=1S/C50H51BrO6/c1-3-37-24-26-38(27-25-37)29-43-30-44(36(2)28-45(43)51)50(52)49(56-34-42-22-14-7-15-23-42)48(55-33-41-20-12-6-13-21-41)47(54-32-40-18-10-5-11-19-40)46(57-50)35-53-31-39-16-8-4-9-17-39/h4-28,30,46-49,52H,3,29,31-35H2,1-2H3/t46-,47-,48+,49-,50-/m1/s1. The Morgan fingerprint density at radius 2 is 1.05 bits per heavy atom. The van der Waals surface area contributed by atoms with Gasteiger partial charge in [0.2, 0.25) is 5.79 Å². The minimum Gasteiger partial charge on any atom is -0.374 e. The lowest BCUT2D eigenvalue weighted by atomic mass is 9.84. The smallest absolute Gasteiger partial charge is 0.223 e. The summed E-state index contributed by atoms with van der Waals surface area (Å²) >= 11 is 3.85. The van der Waals surface area contributed by atoms with Crippen LogP contribution in [0.25, 0.3) is 0 Å². The van der Waals surface area contributed by atoms with Gasteiger partial charge in [-0.05, 0) is 76.4 Å². The van der Waals surface area contributed by atoms with Crippen LogP contribution in [0, 0.1) is 6.92 Å². The molecule has 0 spiro atoms. The van der Waals surface area contributed by atoms with Crippen LogP contribution in [-0.2, 0) is 68.7 Å². The van der Waals surface area contributed by atoms with Crippen molar-refractivity contribution in [3.05, 3.63) is 212 Å². The van der Waals surface area contributed by atoms with Crippen LogP contribution in [0.4, 0.5) is 0 Å². The number of hydrogen-bond acceptors (Lipinski definition) is 6. The second-order valence-electron chi connectivity index (χ2n) is 14.7. The van der Waals surface area contributed by atoms with Crippen molar-refractivity contribution in [2.45, 2.75) is 83.3 Å². The molecule has 57 heavy (non-hydrogen) atoms. The highest BCUT2D eigenvalue weighted by molar-refractivity contribution is 9.10. The Kier molecular flexibility index (Phi) is 14.2.